The molecule has 80 valence electrons. The van der Waals surface area contributed by atoms with Crippen LogP contribution in [0.5, 0.6) is 0 Å². The van der Waals surface area contributed by atoms with Crippen molar-refractivity contribution in [2.75, 3.05) is 6.54 Å². The molecule has 0 bridgehead atoms. The third kappa shape index (κ3) is 1.95. The van der Waals surface area contributed by atoms with Crippen LogP contribution in [0.15, 0.2) is 11.8 Å². The second kappa shape index (κ2) is 4.35. The van der Waals surface area contributed by atoms with Crippen LogP contribution in [0.3, 0.4) is 0 Å². The second-order valence-electron chi connectivity index (χ2n) is 4.70. The number of likely N-dealkylation sites (tertiary alicyclic amines) is 1. The average molecular weight is 194 g/mol. The Hall–Kier alpha value is -0.500. The summed E-state index contributed by atoms with van der Waals surface area (Å²) >= 11 is 0. The third-order valence-electron chi connectivity index (χ3n) is 3.54. The minimum atomic E-state index is 0.320. The molecule has 1 aliphatic heterocycles. The quantitative estimate of drug-likeness (QED) is 0.730. The normalized spacial score (nSPS) is 30.3. The summed E-state index contributed by atoms with van der Waals surface area (Å²) in [5.41, 5.74) is 7.61. The zero-order valence-electron chi connectivity index (χ0n) is 9.21. The molecule has 2 unspecified atom stereocenters. The summed E-state index contributed by atoms with van der Waals surface area (Å²) in [5.74, 6) is 0. The van der Waals surface area contributed by atoms with E-state index in [1.54, 1.807) is 5.70 Å². The Bertz CT molecular complexity index is 220. The lowest BCUT2D eigenvalue weighted by Crippen LogP contribution is -2.41. The molecule has 2 atom stereocenters. The van der Waals surface area contributed by atoms with Gasteiger partial charge in [0.2, 0.25) is 0 Å². The van der Waals surface area contributed by atoms with Gasteiger partial charge >= 0.3 is 0 Å². The van der Waals surface area contributed by atoms with Crippen LogP contribution in [0.2, 0.25) is 0 Å². The van der Waals surface area contributed by atoms with Gasteiger partial charge < -0.3 is 10.6 Å². The number of nitrogens with two attached hydrogens (primary N) is 1. The van der Waals surface area contributed by atoms with Gasteiger partial charge in [0.15, 0.2) is 0 Å². The molecule has 2 N–H and O–H groups in total. The highest BCUT2D eigenvalue weighted by Gasteiger charge is 2.28. The number of hydrogen-bond donors (Lipinski definition) is 1. The fraction of sp³-hybridized carbons (Fsp3) is 0.833. The Morgan fingerprint density at radius 2 is 2.29 bits per heavy atom. The first-order chi connectivity index (χ1) is 6.79. The van der Waals surface area contributed by atoms with E-state index in [9.17, 15) is 0 Å². The van der Waals surface area contributed by atoms with Gasteiger partial charge in [-0.1, -0.05) is 6.08 Å². The van der Waals surface area contributed by atoms with Crippen molar-refractivity contribution in [3.8, 4) is 0 Å². The Balaban J connectivity index is 2.04. The summed E-state index contributed by atoms with van der Waals surface area (Å²) in [4.78, 5) is 2.57. The van der Waals surface area contributed by atoms with Crippen molar-refractivity contribution in [3.63, 3.8) is 0 Å². The van der Waals surface area contributed by atoms with E-state index in [4.69, 9.17) is 5.73 Å². The van der Waals surface area contributed by atoms with Crippen LogP contribution in [0.4, 0.5) is 0 Å². The van der Waals surface area contributed by atoms with Crippen LogP contribution in [-0.4, -0.2) is 23.5 Å². The minimum Gasteiger partial charge on any atom is -0.371 e. The lowest BCUT2D eigenvalue weighted by molar-refractivity contribution is 0.273. The van der Waals surface area contributed by atoms with E-state index in [1.165, 1.54) is 45.1 Å². The first-order valence-corrected chi connectivity index (χ1v) is 6.00. The van der Waals surface area contributed by atoms with E-state index in [2.05, 4.69) is 17.9 Å². The van der Waals surface area contributed by atoms with Gasteiger partial charge in [-0.2, -0.15) is 0 Å². The zero-order valence-corrected chi connectivity index (χ0v) is 9.21. The Labute approximate surface area is 87.2 Å². The molecule has 2 heteroatoms. The maximum Gasteiger partial charge on any atom is 0.0435 e. The van der Waals surface area contributed by atoms with Crippen molar-refractivity contribution in [1.82, 2.24) is 4.90 Å². The molecule has 0 aromatic carbocycles. The Kier molecular flexibility index (Phi) is 3.12. The van der Waals surface area contributed by atoms with Crippen molar-refractivity contribution in [2.24, 2.45) is 5.73 Å². The maximum atomic E-state index is 6.03. The van der Waals surface area contributed by atoms with E-state index in [-0.39, 0.29) is 0 Å². The van der Waals surface area contributed by atoms with E-state index in [1.807, 2.05) is 0 Å². The molecule has 0 aromatic rings. The van der Waals surface area contributed by atoms with Gasteiger partial charge in [-0.05, 0) is 45.4 Å². The van der Waals surface area contributed by atoms with Crippen LogP contribution in [0, 0.1) is 0 Å². The Morgan fingerprint density at radius 1 is 1.43 bits per heavy atom. The molecule has 1 saturated heterocycles. The van der Waals surface area contributed by atoms with Gasteiger partial charge in [-0.3, -0.25) is 0 Å². The molecule has 2 nitrogen and oxygen atoms in total. The highest BCUT2D eigenvalue weighted by molar-refractivity contribution is 5.08. The number of hydrogen-bond acceptors (Lipinski definition) is 2. The van der Waals surface area contributed by atoms with E-state index in [0.29, 0.717) is 12.1 Å². The van der Waals surface area contributed by atoms with Crippen LogP contribution in [0.1, 0.15) is 45.4 Å². The SMILES string of the molecule is CC(N)C1CCCN1C1=CCCCC1. The first-order valence-electron chi connectivity index (χ1n) is 6.00. The van der Waals surface area contributed by atoms with Crippen molar-refractivity contribution >= 4 is 0 Å². The highest BCUT2D eigenvalue weighted by Crippen LogP contribution is 2.29. The molecule has 1 aliphatic carbocycles. The lowest BCUT2D eigenvalue weighted by atomic mass is 10.0. The predicted octanol–water partition coefficient (Wildman–Crippen LogP) is 2.26. The molecular formula is C12H22N2. The average Bonchev–Trinajstić information content (AvgIpc) is 2.67. The highest BCUT2D eigenvalue weighted by atomic mass is 15.2. The summed E-state index contributed by atoms with van der Waals surface area (Å²) in [5, 5.41) is 0. The summed E-state index contributed by atoms with van der Waals surface area (Å²) in [6, 6.07) is 0.930. The van der Waals surface area contributed by atoms with Crippen molar-refractivity contribution < 1.29 is 0 Å². The molecule has 2 aliphatic rings. The molecule has 0 spiro atoms. The van der Waals surface area contributed by atoms with Crippen molar-refractivity contribution in [1.29, 1.82) is 0 Å². The fourth-order valence-corrected chi connectivity index (χ4v) is 2.78. The van der Waals surface area contributed by atoms with Gasteiger partial charge in [0.05, 0.1) is 0 Å². The molecule has 0 saturated carbocycles. The minimum absolute atomic E-state index is 0.320. The monoisotopic (exact) mass is 194 g/mol. The molecule has 0 radical (unpaired) electrons. The summed E-state index contributed by atoms with van der Waals surface area (Å²) in [6.07, 6.45) is 10.3. The Morgan fingerprint density at radius 3 is 2.93 bits per heavy atom. The van der Waals surface area contributed by atoms with Crippen LogP contribution >= 0.6 is 0 Å². The molecule has 0 aromatic heterocycles. The van der Waals surface area contributed by atoms with Crippen molar-refractivity contribution in [2.45, 2.75) is 57.5 Å². The van der Waals surface area contributed by atoms with Gasteiger partial charge in [-0.15, -0.1) is 0 Å². The smallest absolute Gasteiger partial charge is 0.0435 e. The third-order valence-corrected chi connectivity index (χ3v) is 3.54. The first kappa shape index (κ1) is 10.0. The molecule has 14 heavy (non-hydrogen) atoms. The number of allylic oxidation sites excluding steroid dienone is 2. The fourth-order valence-electron chi connectivity index (χ4n) is 2.78. The molecule has 2 rings (SSSR count). The lowest BCUT2D eigenvalue weighted by Gasteiger charge is -2.33. The van der Waals surface area contributed by atoms with Crippen LogP contribution < -0.4 is 5.73 Å². The molecular weight excluding hydrogens is 172 g/mol. The van der Waals surface area contributed by atoms with E-state index >= 15 is 0 Å². The largest absolute Gasteiger partial charge is 0.371 e. The van der Waals surface area contributed by atoms with Crippen LogP contribution in [0.25, 0.3) is 0 Å². The van der Waals surface area contributed by atoms with E-state index in [0.717, 1.165) is 0 Å². The number of rotatable bonds is 2. The van der Waals surface area contributed by atoms with Gasteiger partial charge in [-0.25, -0.2) is 0 Å². The van der Waals surface area contributed by atoms with Gasteiger partial charge in [0.1, 0.15) is 0 Å². The topological polar surface area (TPSA) is 29.3 Å². The molecule has 1 heterocycles. The summed E-state index contributed by atoms with van der Waals surface area (Å²) in [7, 11) is 0. The zero-order chi connectivity index (χ0) is 9.97. The van der Waals surface area contributed by atoms with Gasteiger partial charge in [0.25, 0.3) is 0 Å². The molecule has 1 fully saturated rings. The second-order valence-corrected chi connectivity index (χ2v) is 4.70. The molecule has 0 amide bonds. The summed E-state index contributed by atoms with van der Waals surface area (Å²) in [6.45, 7) is 3.38. The maximum absolute atomic E-state index is 6.03. The van der Waals surface area contributed by atoms with Crippen molar-refractivity contribution in [3.05, 3.63) is 11.8 Å². The number of nitrogens with zero attached hydrogens (tertiary/aromatic N) is 1. The predicted molar refractivity (Wildman–Crippen MR) is 59.9 cm³/mol. The standard InChI is InChI=1S/C12H22N2/c1-10(13)12-8-5-9-14(12)11-6-3-2-4-7-11/h6,10,12H,2-5,7-9,13H2,1H3. The van der Waals surface area contributed by atoms with Gasteiger partial charge in [0, 0.05) is 24.3 Å². The summed E-state index contributed by atoms with van der Waals surface area (Å²) < 4.78 is 0. The van der Waals surface area contributed by atoms with E-state index < -0.39 is 0 Å². The van der Waals surface area contributed by atoms with Crippen LogP contribution in [-0.2, 0) is 0 Å².